The van der Waals surface area contributed by atoms with Crippen molar-refractivity contribution in [2.45, 2.75) is 53.0 Å². The van der Waals surface area contributed by atoms with E-state index >= 15 is 0 Å². The lowest BCUT2D eigenvalue weighted by molar-refractivity contribution is -0.665. The van der Waals surface area contributed by atoms with E-state index in [4.69, 9.17) is 0 Å². The summed E-state index contributed by atoms with van der Waals surface area (Å²) in [7, 11) is 0. The van der Waals surface area contributed by atoms with Crippen LogP contribution in [0.15, 0.2) is 70.6 Å². The molecule has 29 heavy (non-hydrogen) atoms. The topological polar surface area (TPSA) is 7.12 Å². The zero-order chi connectivity index (χ0) is 21.2. The number of hydrogen-bond acceptors (Lipinski definition) is 3. The lowest BCUT2D eigenvalue weighted by atomic mass is 10.3. The second kappa shape index (κ2) is 11.8. The van der Waals surface area contributed by atoms with E-state index in [1.54, 1.807) is 0 Å². The highest BCUT2D eigenvalue weighted by molar-refractivity contribution is 8.03. The molecular weight excluding hydrogens is 392 g/mol. The first-order chi connectivity index (χ1) is 14.3. The summed E-state index contributed by atoms with van der Waals surface area (Å²) in [5, 5.41) is 2.59. The van der Waals surface area contributed by atoms with Gasteiger partial charge in [-0.3, -0.25) is 0 Å². The van der Waals surface area contributed by atoms with Gasteiger partial charge in [-0.05, 0) is 38.1 Å². The molecule has 0 saturated heterocycles. The number of anilines is 1. The summed E-state index contributed by atoms with van der Waals surface area (Å²) >= 11 is 3.70. The van der Waals surface area contributed by atoms with E-state index in [1.807, 2.05) is 50.8 Å². The molecule has 0 bridgehead atoms. The van der Waals surface area contributed by atoms with Crippen molar-refractivity contribution in [3.8, 4) is 0 Å². The Morgan fingerprint density at radius 2 is 1.62 bits per heavy atom. The molecule has 1 aliphatic heterocycles. The van der Waals surface area contributed by atoms with Crippen molar-refractivity contribution in [2.24, 2.45) is 0 Å². The normalized spacial score (nSPS) is 13.9. The van der Waals surface area contributed by atoms with Gasteiger partial charge in [0.25, 0.3) is 5.01 Å². The Bertz CT molecular complexity index is 970. The number of thiazole rings is 1. The zero-order valence-electron chi connectivity index (χ0n) is 18.5. The van der Waals surface area contributed by atoms with Crippen molar-refractivity contribution in [3.63, 3.8) is 0 Å². The summed E-state index contributed by atoms with van der Waals surface area (Å²) in [4.78, 5) is 3.72. The van der Waals surface area contributed by atoms with Crippen LogP contribution in [0.4, 0.5) is 5.69 Å². The van der Waals surface area contributed by atoms with Gasteiger partial charge in [0.1, 0.15) is 11.2 Å². The SMILES string of the molecule is CC.CC.CCN1C(=CC=Cc2sc3ccccc3[n+]2CC)Sc2ccccc21. The number of nitrogens with zero attached hydrogens (tertiary/aromatic N) is 2. The second-order valence-corrected chi connectivity index (χ2v) is 7.95. The third-order valence-electron chi connectivity index (χ3n) is 4.38. The number of thioether (sulfide) groups is 1. The predicted octanol–water partition coefficient (Wildman–Crippen LogP) is 7.75. The van der Waals surface area contributed by atoms with Gasteiger partial charge < -0.3 is 4.90 Å². The Morgan fingerprint density at radius 1 is 0.931 bits per heavy atom. The molecule has 0 unspecified atom stereocenters. The van der Waals surface area contributed by atoms with E-state index in [0.717, 1.165) is 13.1 Å². The van der Waals surface area contributed by atoms with Crippen LogP contribution < -0.4 is 9.47 Å². The van der Waals surface area contributed by atoms with Crippen molar-refractivity contribution in [1.82, 2.24) is 0 Å². The molecule has 4 rings (SSSR count). The number of para-hydroxylation sites is 2. The molecule has 0 amide bonds. The van der Waals surface area contributed by atoms with Crippen LogP contribution in [0.2, 0.25) is 0 Å². The second-order valence-electron chi connectivity index (χ2n) is 5.83. The van der Waals surface area contributed by atoms with E-state index in [0.29, 0.717) is 0 Å². The molecule has 2 heterocycles. The monoisotopic (exact) mass is 425 g/mol. The minimum atomic E-state index is 0.988. The van der Waals surface area contributed by atoms with Gasteiger partial charge in [0, 0.05) is 23.6 Å². The first-order valence-corrected chi connectivity index (χ1v) is 12.3. The Hall–Kier alpha value is -2.04. The Balaban J connectivity index is 0.000000707. The molecule has 0 spiro atoms. The third kappa shape index (κ3) is 5.12. The summed E-state index contributed by atoms with van der Waals surface area (Å²) in [6.07, 6.45) is 6.66. The molecule has 1 aromatic heterocycles. The molecule has 0 fully saturated rings. The fraction of sp³-hybridized carbons (Fsp3) is 0.320. The van der Waals surface area contributed by atoms with Gasteiger partial charge in [0.05, 0.1) is 10.7 Å². The van der Waals surface area contributed by atoms with Crippen LogP contribution in [0, 0.1) is 0 Å². The smallest absolute Gasteiger partial charge is 0.262 e. The van der Waals surface area contributed by atoms with E-state index < -0.39 is 0 Å². The van der Waals surface area contributed by atoms with E-state index in [2.05, 4.69) is 90.1 Å². The summed E-state index contributed by atoms with van der Waals surface area (Å²) in [6, 6.07) is 17.2. The van der Waals surface area contributed by atoms with Gasteiger partial charge in [-0.15, -0.1) is 0 Å². The summed E-state index contributed by atoms with van der Waals surface area (Å²) in [5.41, 5.74) is 2.64. The minimum Gasteiger partial charge on any atom is -0.335 e. The lowest BCUT2D eigenvalue weighted by Gasteiger charge is -2.17. The predicted molar refractivity (Wildman–Crippen MR) is 133 cm³/mol. The maximum Gasteiger partial charge on any atom is 0.262 e. The first-order valence-electron chi connectivity index (χ1n) is 10.7. The van der Waals surface area contributed by atoms with E-state index in [1.165, 1.54) is 30.8 Å². The van der Waals surface area contributed by atoms with Gasteiger partial charge in [0.2, 0.25) is 5.52 Å². The fourth-order valence-electron chi connectivity index (χ4n) is 3.22. The molecule has 2 nitrogen and oxygen atoms in total. The van der Waals surface area contributed by atoms with Gasteiger partial charge in [0.15, 0.2) is 0 Å². The quantitative estimate of drug-likeness (QED) is 0.394. The number of aryl methyl sites for hydroxylation is 1. The highest BCUT2D eigenvalue weighted by atomic mass is 32.2. The van der Waals surface area contributed by atoms with Gasteiger partial charge in [-0.25, -0.2) is 0 Å². The maximum atomic E-state index is 2.38. The van der Waals surface area contributed by atoms with Gasteiger partial charge in [-0.2, -0.15) is 4.57 Å². The van der Waals surface area contributed by atoms with Crippen LogP contribution in [0.5, 0.6) is 0 Å². The molecule has 2 aromatic carbocycles. The molecule has 0 aliphatic carbocycles. The van der Waals surface area contributed by atoms with Crippen molar-refractivity contribution in [3.05, 3.63) is 70.7 Å². The van der Waals surface area contributed by atoms with E-state index in [9.17, 15) is 0 Å². The number of fused-ring (bicyclic) bond motifs is 2. The highest BCUT2D eigenvalue weighted by Crippen LogP contribution is 2.45. The average Bonchev–Trinajstić information content (AvgIpc) is 3.33. The van der Waals surface area contributed by atoms with Crippen molar-refractivity contribution in [1.29, 1.82) is 0 Å². The highest BCUT2D eigenvalue weighted by Gasteiger charge is 2.22. The fourth-order valence-corrected chi connectivity index (χ4v) is 5.50. The molecule has 0 radical (unpaired) electrons. The number of hydrogen-bond donors (Lipinski definition) is 0. The van der Waals surface area contributed by atoms with Crippen molar-refractivity contribution in [2.75, 3.05) is 11.4 Å². The molecule has 0 saturated carbocycles. The van der Waals surface area contributed by atoms with Crippen LogP contribution in [0.1, 0.15) is 46.6 Å². The average molecular weight is 426 g/mol. The first kappa shape index (κ1) is 23.2. The Morgan fingerprint density at radius 3 is 2.34 bits per heavy atom. The standard InChI is InChI=1S/C21H21N2S2.2C2H6/c1-3-22-16-10-5-7-12-18(16)24-20(22)14-9-15-21-23(4-2)17-11-6-8-13-19(17)25-21;2*1-2/h5-15H,3-4H2,1-2H3;2*1-2H3/q+1;;. The molecule has 0 N–H and O–H groups in total. The van der Waals surface area contributed by atoms with Crippen LogP contribution in [-0.4, -0.2) is 6.54 Å². The third-order valence-corrected chi connectivity index (χ3v) is 6.64. The largest absolute Gasteiger partial charge is 0.335 e. The number of benzene rings is 2. The molecule has 0 atom stereocenters. The number of rotatable bonds is 4. The van der Waals surface area contributed by atoms with Crippen molar-refractivity contribution >= 4 is 45.1 Å². The number of allylic oxidation sites excluding steroid dienone is 2. The molecular formula is C25H33N2S2+. The summed E-state index contributed by atoms with van der Waals surface area (Å²) < 4.78 is 3.72. The van der Waals surface area contributed by atoms with Crippen LogP contribution in [-0.2, 0) is 6.54 Å². The Labute approximate surface area is 184 Å². The molecule has 3 aromatic rings. The van der Waals surface area contributed by atoms with Crippen LogP contribution >= 0.6 is 23.1 Å². The maximum absolute atomic E-state index is 2.38. The van der Waals surface area contributed by atoms with Crippen LogP contribution in [0.25, 0.3) is 16.3 Å². The minimum absolute atomic E-state index is 0.988. The summed E-state index contributed by atoms with van der Waals surface area (Å²) in [6.45, 7) is 14.4. The zero-order valence-corrected chi connectivity index (χ0v) is 20.1. The molecule has 1 aliphatic rings. The van der Waals surface area contributed by atoms with Crippen LogP contribution in [0.3, 0.4) is 0 Å². The molecule has 4 heteroatoms. The van der Waals surface area contributed by atoms with E-state index in [-0.39, 0.29) is 0 Å². The lowest BCUT2D eigenvalue weighted by Crippen LogP contribution is -2.33. The van der Waals surface area contributed by atoms with Gasteiger partial charge >= 0.3 is 0 Å². The number of aromatic nitrogens is 1. The Kier molecular flexibility index (Phi) is 9.49. The summed E-state index contributed by atoms with van der Waals surface area (Å²) in [5.74, 6) is 0. The van der Waals surface area contributed by atoms with Crippen molar-refractivity contribution < 1.29 is 4.57 Å². The van der Waals surface area contributed by atoms with Gasteiger partial charge in [-0.1, -0.05) is 81.1 Å². The molecule has 154 valence electrons.